The van der Waals surface area contributed by atoms with E-state index in [2.05, 4.69) is 5.32 Å². The van der Waals surface area contributed by atoms with Gasteiger partial charge in [-0.3, -0.25) is 9.36 Å². The fraction of sp³-hybridized carbons (Fsp3) is 0.0909. The van der Waals surface area contributed by atoms with Crippen LogP contribution in [0.25, 0.3) is 11.1 Å². The van der Waals surface area contributed by atoms with E-state index in [1.54, 1.807) is 42.5 Å². The van der Waals surface area contributed by atoms with Gasteiger partial charge in [0.05, 0.1) is 5.52 Å². The normalized spacial score (nSPS) is 10.8. The quantitative estimate of drug-likeness (QED) is 0.541. The zero-order chi connectivity index (χ0) is 20.2. The highest BCUT2D eigenvalue weighted by Crippen LogP contribution is 2.22. The van der Waals surface area contributed by atoms with Crippen molar-refractivity contribution >= 4 is 17.0 Å². The Hall–Kier alpha value is -3.87. The summed E-state index contributed by atoms with van der Waals surface area (Å²) in [5.74, 6) is -0.142. The molecule has 29 heavy (non-hydrogen) atoms. The first-order valence-corrected chi connectivity index (χ1v) is 8.96. The van der Waals surface area contributed by atoms with Gasteiger partial charge < -0.3 is 14.5 Å². The third-order valence-electron chi connectivity index (χ3n) is 4.31. The van der Waals surface area contributed by atoms with Crippen molar-refractivity contribution in [2.75, 3.05) is 0 Å². The highest BCUT2D eigenvalue weighted by Gasteiger charge is 2.12. The van der Waals surface area contributed by atoms with Gasteiger partial charge in [0.15, 0.2) is 5.58 Å². The summed E-state index contributed by atoms with van der Waals surface area (Å²) in [6.45, 7) is 0.131. The van der Waals surface area contributed by atoms with Crippen molar-refractivity contribution in [3.05, 3.63) is 94.7 Å². The summed E-state index contributed by atoms with van der Waals surface area (Å²) < 4.78 is 25.1. The van der Waals surface area contributed by atoms with Crippen molar-refractivity contribution in [3.8, 4) is 11.5 Å². The Balaban J connectivity index is 1.39. The van der Waals surface area contributed by atoms with Gasteiger partial charge in [-0.15, -0.1) is 0 Å². The lowest BCUT2D eigenvalue weighted by molar-refractivity contribution is -0.121. The van der Waals surface area contributed by atoms with E-state index in [1.807, 2.05) is 6.07 Å². The minimum absolute atomic E-state index is 0.137. The first-order valence-electron chi connectivity index (χ1n) is 8.96. The van der Waals surface area contributed by atoms with Gasteiger partial charge in [0.1, 0.15) is 23.9 Å². The molecule has 7 heteroatoms. The first-order chi connectivity index (χ1) is 14.1. The standard InChI is InChI=1S/C22H17FN2O4/c23-16-8-10-17(11-9-16)28-18-5-3-4-15(12-18)13-24-21(26)14-25-19-6-1-2-7-20(19)29-22(25)27/h1-12H,13-14H2,(H,24,26). The van der Waals surface area contributed by atoms with E-state index in [1.165, 1.54) is 28.8 Å². The Labute approximate surface area is 165 Å². The van der Waals surface area contributed by atoms with E-state index in [0.29, 0.717) is 22.6 Å². The molecule has 0 saturated carbocycles. The van der Waals surface area contributed by atoms with Crippen LogP contribution in [0.15, 0.2) is 82.0 Å². The van der Waals surface area contributed by atoms with Crippen LogP contribution < -0.4 is 15.8 Å². The lowest BCUT2D eigenvalue weighted by Gasteiger charge is -2.09. The molecule has 0 unspecified atom stereocenters. The summed E-state index contributed by atoms with van der Waals surface area (Å²) in [6, 6.07) is 19.9. The van der Waals surface area contributed by atoms with Crippen LogP contribution in [0.2, 0.25) is 0 Å². The summed E-state index contributed by atoms with van der Waals surface area (Å²) in [4.78, 5) is 24.3. The van der Waals surface area contributed by atoms with Gasteiger partial charge in [-0.05, 0) is 54.1 Å². The molecule has 0 atom stereocenters. The van der Waals surface area contributed by atoms with E-state index in [0.717, 1.165) is 5.56 Å². The molecule has 0 fully saturated rings. The van der Waals surface area contributed by atoms with Crippen LogP contribution >= 0.6 is 0 Å². The summed E-state index contributed by atoms with van der Waals surface area (Å²) >= 11 is 0. The van der Waals surface area contributed by atoms with E-state index in [9.17, 15) is 14.0 Å². The van der Waals surface area contributed by atoms with Crippen LogP contribution in [0.4, 0.5) is 4.39 Å². The van der Waals surface area contributed by atoms with E-state index in [-0.39, 0.29) is 24.8 Å². The van der Waals surface area contributed by atoms with Gasteiger partial charge in [-0.2, -0.15) is 0 Å². The maximum atomic E-state index is 13.0. The highest BCUT2D eigenvalue weighted by molar-refractivity contribution is 5.79. The van der Waals surface area contributed by atoms with E-state index in [4.69, 9.17) is 9.15 Å². The fourth-order valence-corrected chi connectivity index (χ4v) is 2.92. The average molecular weight is 392 g/mol. The summed E-state index contributed by atoms with van der Waals surface area (Å²) in [6.07, 6.45) is 0. The third-order valence-corrected chi connectivity index (χ3v) is 4.31. The van der Waals surface area contributed by atoms with Crippen molar-refractivity contribution in [2.24, 2.45) is 0 Å². The number of rotatable bonds is 6. The average Bonchev–Trinajstić information content (AvgIpc) is 3.04. The number of hydrogen-bond donors (Lipinski definition) is 1. The van der Waals surface area contributed by atoms with Crippen LogP contribution in [-0.4, -0.2) is 10.5 Å². The number of oxazole rings is 1. The Morgan fingerprint density at radius 1 is 1.00 bits per heavy atom. The van der Waals surface area contributed by atoms with Crippen LogP contribution in [0.3, 0.4) is 0 Å². The second-order valence-electron chi connectivity index (χ2n) is 6.40. The van der Waals surface area contributed by atoms with E-state index >= 15 is 0 Å². The molecular weight excluding hydrogens is 375 g/mol. The zero-order valence-corrected chi connectivity index (χ0v) is 15.3. The van der Waals surface area contributed by atoms with Crippen LogP contribution in [0, 0.1) is 5.82 Å². The monoisotopic (exact) mass is 392 g/mol. The molecule has 0 spiro atoms. The van der Waals surface area contributed by atoms with Gasteiger partial charge in [-0.1, -0.05) is 24.3 Å². The minimum Gasteiger partial charge on any atom is -0.457 e. The predicted octanol–water partition coefficient (Wildman–Crippen LogP) is 3.84. The van der Waals surface area contributed by atoms with Gasteiger partial charge >= 0.3 is 5.76 Å². The smallest absolute Gasteiger partial charge is 0.420 e. The fourth-order valence-electron chi connectivity index (χ4n) is 2.92. The van der Waals surface area contributed by atoms with Crippen molar-refractivity contribution in [2.45, 2.75) is 13.1 Å². The molecule has 0 radical (unpaired) electrons. The number of carbonyl (C=O) groups is 1. The maximum absolute atomic E-state index is 13.0. The highest BCUT2D eigenvalue weighted by atomic mass is 19.1. The molecule has 1 amide bonds. The molecule has 0 saturated heterocycles. The Kier molecular flexibility index (Phi) is 5.11. The number of aromatic nitrogens is 1. The van der Waals surface area contributed by atoms with Crippen molar-refractivity contribution in [1.82, 2.24) is 9.88 Å². The summed E-state index contributed by atoms with van der Waals surface area (Å²) in [7, 11) is 0. The number of carbonyl (C=O) groups excluding carboxylic acids is 1. The molecule has 4 aromatic rings. The van der Waals surface area contributed by atoms with Crippen LogP contribution in [0.5, 0.6) is 11.5 Å². The molecular formula is C22H17FN2O4. The number of para-hydroxylation sites is 2. The number of fused-ring (bicyclic) bond motifs is 1. The molecule has 0 bridgehead atoms. The van der Waals surface area contributed by atoms with Crippen LogP contribution in [0.1, 0.15) is 5.56 Å². The Morgan fingerprint density at radius 3 is 2.62 bits per heavy atom. The number of amides is 1. The number of ether oxygens (including phenoxy) is 1. The number of hydrogen-bond acceptors (Lipinski definition) is 4. The lowest BCUT2D eigenvalue weighted by Crippen LogP contribution is -2.30. The molecule has 0 aliphatic carbocycles. The third kappa shape index (κ3) is 4.35. The molecule has 1 aromatic heterocycles. The second kappa shape index (κ2) is 8.02. The predicted molar refractivity (Wildman–Crippen MR) is 105 cm³/mol. The lowest BCUT2D eigenvalue weighted by atomic mass is 10.2. The first kappa shape index (κ1) is 18.5. The van der Waals surface area contributed by atoms with E-state index < -0.39 is 5.76 Å². The molecule has 1 heterocycles. The maximum Gasteiger partial charge on any atom is 0.420 e. The molecule has 3 aromatic carbocycles. The number of benzene rings is 3. The molecule has 1 N–H and O–H groups in total. The van der Waals surface area contributed by atoms with Crippen LogP contribution in [-0.2, 0) is 17.9 Å². The van der Waals surface area contributed by atoms with Gasteiger partial charge in [0.2, 0.25) is 5.91 Å². The Bertz CT molecular complexity index is 1210. The van der Waals surface area contributed by atoms with Crippen molar-refractivity contribution < 1.29 is 18.3 Å². The topological polar surface area (TPSA) is 73.5 Å². The molecule has 0 aliphatic heterocycles. The number of nitrogens with one attached hydrogen (secondary N) is 1. The molecule has 6 nitrogen and oxygen atoms in total. The summed E-state index contributed by atoms with van der Waals surface area (Å²) in [5, 5.41) is 2.78. The van der Waals surface area contributed by atoms with Gasteiger partial charge in [0, 0.05) is 6.54 Å². The summed E-state index contributed by atoms with van der Waals surface area (Å²) in [5.41, 5.74) is 1.83. The molecule has 4 rings (SSSR count). The molecule has 0 aliphatic rings. The van der Waals surface area contributed by atoms with Crippen molar-refractivity contribution in [1.29, 1.82) is 0 Å². The largest absolute Gasteiger partial charge is 0.457 e. The Morgan fingerprint density at radius 2 is 1.79 bits per heavy atom. The SMILES string of the molecule is O=C(Cn1c(=O)oc2ccccc21)NCc1cccc(Oc2ccc(F)cc2)c1. The zero-order valence-electron chi connectivity index (χ0n) is 15.3. The molecule has 146 valence electrons. The van der Waals surface area contributed by atoms with Crippen molar-refractivity contribution in [3.63, 3.8) is 0 Å². The minimum atomic E-state index is -0.573. The number of halogens is 1. The second-order valence-corrected chi connectivity index (χ2v) is 6.40. The number of nitrogens with zero attached hydrogens (tertiary/aromatic N) is 1. The van der Waals surface area contributed by atoms with Gasteiger partial charge in [0.25, 0.3) is 0 Å². The van der Waals surface area contributed by atoms with Gasteiger partial charge in [-0.25, -0.2) is 9.18 Å².